The van der Waals surface area contributed by atoms with Gasteiger partial charge in [0.1, 0.15) is 5.75 Å². The summed E-state index contributed by atoms with van der Waals surface area (Å²) in [6.45, 7) is 10.3. The number of hydrogen-bond donors (Lipinski definition) is 2. The average molecular weight is 497 g/mol. The van der Waals surface area contributed by atoms with Gasteiger partial charge >= 0.3 is 0 Å². The van der Waals surface area contributed by atoms with Gasteiger partial charge in [-0.2, -0.15) is 0 Å². The largest absolute Gasteiger partial charge is 0.495 e. The highest BCUT2D eigenvalue weighted by molar-refractivity contribution is 6.02. The van der Waals surface area contributed by atoms with Gasteiger partial charge in [0.15, 0.2) is 0 Å². The van der Waals surface area contributed by atoms with E-state index in [1.54, 1.807) is 20.3 Å². The number of methoxy groups -OCH3 is 2. The number of benzene rings is 2. The van der Waals surface area contributed by atoms with E-state index in [0.717, 1.165) is 49.7 Å². The van der Waals surface area contributed by atoms with Gasteiger partial charge in [0, 0.05) is 64.2 Å². The second-order valence-corrected chi connectivity index (χ2v) is 10.3. The lowest BCUT2D eigenvalue weighted by atomic mass is 9.92. The Kier molecular flexibility index (Phi) is 9.58. The second-order valence-electron chi connectivity index (χ2n) is 10.3. The van der Waals surface area contributed by atoms with Crippen molar-refractivity contribution in [1.82, 2.24) is 5.32 Å². The number of para-hydroxylation sites is 2. The maximum absolute atomic E-state index is 13.2. The Labute approximate surface area is 214 Å². The summed E-state index contributed by atoms with van der Waals surface area (Å²) in [4.78, 5) is 30.2. The van der Waals surface area contributed by atoms with E-state index in [9.17, 15) is 9.59 Å². The molecule has 196 valence electrons. The molecule has 0 aromatic heterocycles. The van der Waals surface area contributed by atoms with Crippen molar-refractivity contribution in [3.8, 4) is 5.75 Å². The topological polar surface area (TPSA) is 83.1 Å². The summed E-state index contributed by atoms with van der Waals surface area (Å²) in [5.41, 5.74) is 3.02. The Hall–Kier alpha value is -3.26. The van der Waals surface area contributed by atoms with Crippen LogP contribution in [0.25, 0.3) is 0 Å². The average Bonchev–Trinajstić information content (AvgIpc) is 2.85. The van der Waals surface area contributed by atoms with Crippen LogP contribution in [0.5, 0.6) is 5.75 Å². The molecule has 1 heterocycles. The first-order chi connectivity index (χ1) is 17.2. The highest BCUT2D eigenvalue weighted by Gasteiger charge is 2.24. The molecular weight excluding hydrogens is 456 g/mol. The van der Waals surface area contributed by atoms with Gasteiger partial charge in [0.2, 0.25) is 5.91 Å². The molecule has 1 saturated heterocycles. The first kappa shape index (κ1) is 27.3. The molecule has 3 rings (SSSR count). The third kappa shape index (κ3) is 7.62. The molecule has 8 heteroatoms. The number of carbonyl (C=O) groups is 2. The Bertz CT molecular complexity index is 1030. The molecule has 1 aliphatic rings. The SMILES string of the molecule is COCCCNC(=O)c1cc(NC(=O)CC(C)(C)C)ccc1N1CCN(c2ccccc2OC)CC1. The molecule has 8 nitrogen and oxygen atoms in total. The summed E-state index contributed by atoms with van der Waals surface area (Å²) in [6.07, 6.45) is 1.13. The fourth-order valence-corrected chi connectivity index (χ4v) is 4.35. The first-order valence-electron chi connectivity index (χ1n) is 12.6. The van der Waals surface area contributed by atoms with E-state index in [2.05, 4.69) is 26.5 Å². The molecule has 0 atom stereocenters. The van der Waals surface area contributed by atoms with E-state index in [4.69, 9.17) is 9.47 Å². The van der Waals surface area contributed by atoms with Gasteiger partial charge in [0.05, 0.1) is 18.4 Å². The number of ether oxygens (including phenoxy) is 2. The standard InChI is InChI=1S/C28H40N4O4/c1-28(2,3)20-26(33)30-21-11-12-23(22(19-21)27(34)29-13-8-18-35-4)31-14-16-32(17-15-31)24-9-6-7-10-25(24)36-5/h6-7,9-12,19H,8,13-18,20H2,1-5H3,(H,29,34)(H,30,33). The number of piperazine rings is 1. The van der Waals surface area contributed by atoms with E-state index in [-0.39, 0.29) is 17.2 Å². The Morgan fingerprint density at radius 2 is 1.61 bits per heavy atom. The summed E-state index contributed by atoms with van der Waals surface area (Å²) < 4.78 is 10.6. The first-order valence-corrected chi connectivity index (χ1v) is 12.6. The molecule has 2 amide bonds. The molecule has 2 aromatic rings. The minimum absolute atomic E-state index is 0.0628. The molecule has 0 bridgehead atoms. The highest BCUT2D eigenvalue weighted by Crippen LogP contribution is 2.31. The fourth-order valence-electron chi connectivity index (χ4n) is 4.35. The van der Waals surface area contributed by atoms with Gasteiger partial charge in [-0.25, -0.2) is 0 Å². The Balaban J connectivity index is 1.77. The van der Waals surface area contributed by atoms with Crippen LogP contribution in [0.15, 0.2) is 42.5 Å². The maximum Gasteiger partial charge on any atom is 0.253 e. The number of amides is 2. The van der Waals surface area contributed by atoms with Crippen molar-refractivity contribution in [2.75, 3.05) is 68.7 Å². The van der Waals surface area contributed by atoms with Crippen LogP contribution in [0.2, 0.25) is 0 Å². The van der Waals surface area contributed by atoms with Crippen LogP contribution in [-0.2, 0) is 9.53 Å². The molecule has 1 fully saturated rings. The van der Waals surface area contributed by atoms with Crippen molar-refractivity contribution >= 4 is 28.9 Å². The van der Waals surface area contributed by atoms with E-state index >= 15 is 0 Å². The summed E-state index contributed by atoms with van der Waals surface area (Å²) >= 11 is 0. The van der Waals surface area contributed by atoms with E-state index in [0.29, 0.717) is 30.8 Å². The van der Waals surface area contributed by atoms with Crippen molar-refractivity contribution < 1.29 is 19.1 Å². The molecule has 1 aliphatic heterocycles. The highest BCUT2D eigenvalue weighted by atomic mass is 16.5. The molecule has 0 aliphatic carbocycles. The summed E-state index contributed by atoms with van der Waals surface area (Å²) in [7, 11) is 3.34. The summed E-state index contributed by atoms with van der Waals surface area (Å²) in [5, 5.41) is 5.96. The van der Waals surface area contributed by atoms with E-state index < -0.39 is 0 Å². The van der Waals surface area contributed by atoms with Crippen molar-refractivity contribution in [2.24, 2.45) is 5.41 Å². The zero-order valence-electron chi connectivity index (χ0n) is 22.2. The molecule has 36 heavy (non-hydrogen) atoms. The molecule has 0 saturated carbocycles. The zero-order valence-corrected chi connectivity index (χ0v) is 22.2. The van der Waals surface area contributed by atoms with Gasteiger partial charge in [-0.15, -0.1) is 0 Å². The number of carbonyl (C=O) groups excluding carboxylic acids is 2. The molecule has 0 spiro atoms. The summed E-state index contributed by atoms with van der Waals surface area (Å²) in [6, 6.07) is 13.6. The van der Waals surface area contributed by atoms with E-state index in [1.807, 2.05) is 51.1 Å². The van der Waals surface area contributed by atoms with Gasteiger partial charge in [-0.1, -0.05) is 32.9 Å². The van der Waals surface area contributed by atoms with Crippen molar-refractivity contribution in [1.29, 1.82) is 0 Å². The van der Waals surface area contributed by atoms with Gasteiger partial charge in [0.25, 0.3) is 5.91 Å². The van der Waals surface area contributed by atoms with Gasteiger partial charge < -0.3 is 29.9 Å². The van der Waals surface area contributed by atoms with Crippen molar-refractivity contribution in [3.63, 3.8) is 0 Å². The Morgan fingerprint density at radius 3 is 2.25 bits per heavy atom. The molecule has 2 aromatic carbocycles. The lowest BCUT2D eigenvalue weighted by Gasteiger charge is -2.38. The quantitative estimate of drug-likeness (QED) is 0.481. The normalized spacial score (nSPS) is 13.9. The van der Waals surface area contributed by atoms with E-state index in [1.165, 1.54) is 0 Å². The number of hydrogen-bond acceptors (Lipinski definition) is 6. The minimum atomic E-state index is -0.153. The van der Waals surface area contributed by atoms with Crippen LogP contribution in [0.1, 0.15) is 44.0 Å². The zero-order chi connectivity index (χ0) is 26.1. The number of nitrogens with zero attached hydrogens (tertiary/aromatic N) is 2. The molecule has 0 unspecified atom stereocenters. The second kappa shape index (κ2) is 12.6. The third-order valence-electron chi connectivity index (χ3n) is 6.07. The van der Waals surface area contributed by atoms with Crippen molar-refractivity contribution in [2.45, 2.75) is 33.6 Å². The van der Waals surface area contributed by atoms with Crippen LogP contribution in [0.4, 0.5) is 17.1 Å². The number of rotatable bonds is 10. The lowest BCUT2D eigenvalue weighted by Crippen LogP contribution is -2.47. The molecular formula is C28H40N4O4. The lowest BCUT2D eigenvalue weighted by molar-refractivity contribution is -0.117. The fraction of sp³-hybridized carbons (Fsp3) is 0.500. The maximum atomic E-state index is 13.2. The van der Waals surface area contributed by atoms with Crippen LogP contribution >= 0.6 is 0 Å². The molecule has 2 N–H and O–H groups in total. The van der Waals surface area contributed by atoms with Crippen LogP contribution < -0.4 is 25.2 Å². The van der Waals surface area contributed by atoms with Crippen LogP contribution in [0.3, 0.4) is 0 Å². The summed E-state index contributed by atoms with van der Waals surface area (Å²) in [5.74, 6) is 0.643. The Morgan fingerprint density at radius 1 is 0.944 bits per heavy atom. The third-order valence-corrected chi connectivity index (χ3v) is 6.07. The smallest absolute Gasteiger partial charge is 0.253 e. The van der Waals surface area contributed by atoms with Crippen LogP contribution in [-0.4, -0.2) is 65.4 Å². The molecule has 0 radical (unpaired) electrons. The minimum Gasteiger partial charge on any atom is -0.495 e. The van der Waals surface area contributed by atoms with Gasteiger partial charge in [-0.05, 0) is 42.2 Å². The van der Waals surface area contributed by atoms with Crippen LogP contribution in [0, 0.1) is 5.41 Å². The van der Waals surface area contributed by atoms with Crippen molar-refractivity contribution in [3.05, 3.63) is 48.0 Å². The number of anilines is 3. The monoisotopic (exact) mass is 496 g/mol. The predicted molar refractivity (Wildman–Crippen MR) is 145 cm³/mol. The van der Waals surface area contributed by atoms with Gasteiger partial charge in [-0.3, -0.25) is 9.59 Å². The predicted octanol–water partition coefficient (Wildman–Crippen LogP) is 4.16. The number of nitrogens with one attached hydrogen (secondary N) is 2.